The summed E-state index contributed by atoms with van der Waals surface area (Å²) in [6, 6.07) is 12.7. The molecule has 1 saturated heterocycles. The van der Waals surface area contributed by atoms with Crippen LogP contribution >= 0.6 is 12.2 Å². The Kier molecular flexibility index (Phi) is 6.41. The Morgan fingerprint density at radius 1 is 1.12 bits per heavy atom. The van der Waals surface area contributed by atoms with Crippen LogP contribution in [-0.2, 0) is 0 Å². The van der Waals surface area contributed by atoms with Crippen molar-refractivity contribution in [3.05, 3.63) is 77.3 Å². The average Bonchev–Trinajstić information content (AvgIpc) is 3.42. The Morgan fingerprint density at radius 3 is 2.45 bits per heavy atom. The number of hydrogen-bond acceptors (Lipinski definition) is 5. The van der Waals surface area contributed by atoms with E-state index in [4.69, 9.17) is 16.6 Å². The van der Waals surface area contributed by atoms with Gasteiger partial charge in [0, 0.05) is 18.3 Å². The molecule has 0 saturated carbocycles. The summed E-state index contributed by atoms with van der Waals surface area (Å²) in [5.41, 5.74) is 0.953. The molecule has 4 rings (SSSR count). The first-order valence-electron chi connectivity index (χ1n) is 10.6. The molecule has 33 heavy (non-hydrogen) atoms. The highest BCUT2D eigenvalue weighted by Crippen LogP contribution is 2.40. The molecule has 1 aromatic carbocycles. The Morgan fingerprint density at radius 2 is 1.85 bits per heavy atom. The van der Waals surface area contributed by atoms with Crippen LogP contribution in [0.15, 0.2) is 59.1 Å². The predicted octanol–water partition coefficient (Wildman–Crippen LogP) is 4.51. The average molecular weight is 466 g/mol. The Balaban J connectivity index is 1.75. The summed E-state index contributed by atoms with van der Waals surface area (Å²) in [5.74, 6) is -1.42. The lowest BCUT2D eigenvalue weighted by molar-refractivity contribution is 0.0696. The molecule has 8 nitrogen and oxygen atoms in total. The molecule has 2 atom stereocenters. The Bertz CT molecular complexity index is 1160. The zero-order valence-corrected chi connectivity index (χ0v) is 18.7. The first kappa shape index (κ1) is 22.5. The van der Waals surface area contributed by atoms with E-state index in [0.29, 0.717) is 22.2 Å². The van der Waals surface area contributed by atoms with Crippen LogP contribution in [0.5, 0.6) is 0 Å². The van der Waals surface area contributed by atoms with Crippen molar-refractivity contribution in [2.45, 2.75) is 31.8 Å². The van der Waals surface area contributed by atoms with Crippen molar-refractivity contribution < 1.29 is 24.2 Å². The lowest BCUT2D eigenvalue weighted by Crippen LogP contribution is -2.30. The zero-order valence-electron chi connectivity index (χ0n) is 17.9. The molecule has 0 spiro atoms. The normalized spacial score (nSPS) is 17.7. The Labute approximate surface area is 195 Å². The summed E-state index contributed by atoms with van der Waals surface area (Å²) in [7, 11) is 0. The minimum Gasteiger partial charge on any atom is -0.478 e. The smallest absolute Gasteiger partial charge is 0.335 e. The van der Waals surface area contributed by atoms with Crippen LogP contribution in [0.25, 0.3) is 11.3 Å². The maximum Gasteiger partial charge on any atom is 0.335 e. The number of pyridine rings is 1. The number of aromatic nitrogens is 1. The molecule has 2 aromatic heterocycles. The van der Waals surface area contributed by atoms with Crippen molar-refractivity contribution in [3.63, 3.8) is 0 Å². The lowest BCUT2D eigenvalue weighted by Gasteiger charge is -2.25. The summed E-state index contributed by atoms with van der Waals surface area (Å²) >= 11 is 5.61. The summed E-state index contributed by atoms with van der Waals surface area (Å²) in [6.07, 6.45) is 3.68. The van der Waals surface area contributed by atoms with E-state index in [1.807, 2.05) is 24.3 Å². The lowest BCUT2D eigenvalue weighted by atomic mass is 10.0. The fourth-order valence-corrected chi connectivity index (χ4v) is 4.30. The van der Waals surface area contributed by atoms with Crippen LogP contribution in [0.2, 0.25) is 0 Å². The summed E-state index contributed by atoms with van der Waals surface area (Å²) in [4.78, 5) is 29.6. The van der Waals surface area contributed by atoms with Gasteiger partial charge >= 0.3 is 11.9 Å². The van der Waals surface area contributed by atoms with Crippen molar-refractivity contribution in [3.8, 4) is 11.3 Å². The molecule has 3 aromatic rings. The zero-order chi connectivity index (χ0) is 23.5. The number of rotatable bonds is 8. The second kappa shape index (κ2) is 9.41. The number of aromatic carboxylic acids is 2. The van der Waals surface area contributed by atoms with Crippen molar-refractivity contribution in [1.82, 2.24) is 15.2 Å². The van der Waals surface area contributed by atoms with Crippen molar-refractivity contribution in [1.29, 1.82) is 0 Å². The number of hydrogen-bond donors (Lipinski definition) is 3. The molecular formula is C24H23N3O5S. The van der Waals surface area contributed by atoms with Crippen LogP contribution in [-0.4, -0.2) is 43.7 Å². The van der Waals surface area contributed by atoms with Gasteiger partial charge in [-0.25, -0.2) is 9.59 Å². The summed E-state index contributed by atoms with van der Waals surface area (Å²) in [5, 5.41) is 22.7. The number of benzene rings is 1. The highest BCUT2D eigenvalue weighted by molar-refractivity contribution is 7.80. The number of furan rings is 1. The van der Waals surface area contributed by atoms with Crippen LogP contribution in [0.4, 0.5) is 0 Å². The number of nitrogens with zero attached hydrogens (tertiary/aromatic N) is 2. The van der Waals surface area contributed by atoms with E-state index in [9.17, 15) is 19.8 Å². The maximum absolute atomic E-state index is 11.5. The van der Waals surface area contributed by atoms with E-state index in [1.165, 1.54) is 12.1 Å². The van der Waals surface area contributed by atoms with Gasteiger partial charge in [0.25, 0.3) is 0 Å². The van der Waals surface area contributed by atoms with Crippen molar-refractivity contribution in [2.24, 2.45) is 0 Å². The fourth-order valence-electron chi connectivity index (χ4n) is 3.97. The minimum absolute atomic E-state index is 0.123. The third-order valence-electron chi connectivity index (χ3n) is 5.58. The second-order valence-electron chi connectivity index (χ2n) is 7.78. The largest absolute Gasteiger partial charge is 0.478 e. The molecule has 1 aliphatic rings. The molecule has 0 bridgehead atoms. The van der Waals surface area contributed by atoms with Crippen LogP contribution < -0.4 is 5.32 Å². The number of carboxylic acid groups (broad SMARTS) is 2. The van der Waals surface area contributed by atoms with Crippen LogP contribution in [0, 0.1) is 0 Å². The molecule has 3 N–H and O–H groups in total. The topological polar surface area (TPSA) is 116 Å². The molecule has 0 radical (unpaired) electrons. The van der Waals surface area contributed by atoms with E-state index >= 15 is 0 Å². The summed E-state index contributed by atoms with van der Waals surface area (Å²) < 4.78 is 6.18. The quantitative estimate of drug-likeness (QED) is 0.413. The SMILES string of the molecule is CCCCN1C(=S)N[C@H](c2ccccn2)[C@H]1c1ccc(-c2cc(C(=O)O)cc(C(=O)O)c2)o1. The fraction of sp³-hybridized carbons (Fsp3) is 0.250. The summed E-state index contributed by atoms with van der Waals surface area (Å²) in [6.45, 7) is 2.85. The maximum atomic E-state index is 11.5. The molecule has 0 unspecified atom stereocenters. The van der Waals surface area contributed by atoms with Gasteiger partial charge in [0.15, 0.2) is 5.11 Å². The molecule has 1 aliphatic heterocycles. The van der Waals surface area contributed by atoms with Gasteiger partial charge in [0.2, 0.25) is 0 Å². The minimum atomic E-state index is -1.21. The molecule has 170 valence electrons. The highest BCUT2D eigenvalue weighted by Gasteiger charge is 2.41. The van der Waals surface area contributed by atoms with Gasteiger partial charge < -0.3 is 24.8 Å². The van der Waals surface area contributed by atoms with Crippen molar-refractivity contribution >= 4 is 29.3 Å². The first-order valence-corrected chi connectivity index (χ1v) is 11.0. The Hall–Kier alpha value is -3.72. The first-order chi connectivity index (χ1) is 15.9. The van der Waals surface area contributed by atoms with Gasteiger partial charge in [0.05, 0.1) is 22.9 Å². The van der Waals surface area contributed by atoms with E-state index in [2.05, 4.69) is 22.1 Å². The molecule has 9 heteroatoms. The van der Waals surface area contributed by atoms with Gasteiger partial charge in [-0.15, -0.1) is 0 Å². The van der Waals surface area contributed by atoms with E-state index in [-0.39, 0.29) is 23.2 Å². The standard InChI is InChI=1S/C24H23N3O5S/c1-2-3-10-27-21(20(26-24(27)33)17-6-4-5-9-25-17)19-8-7-18(32-19)14-11-15(22(28)29)13-16(12-14)23(30)31/h4-9,11-13,20-21H,2-3,10H2,1H3,(H,26,33)(H,28,29)(H,30,31)/t20-,21-/m1/s1. The molecule has 0 amide bonds. The highest BCUT2D eigenvalue weighted by atomic mass is 32.1. The molecule has 3 heterocycles. The van der Waals surface area contributed by atoms with Gasteiger partial charge in [-0.3, -0.25) is 4.98 Å². The third-order valence-corrected chi connectivity index (χ3v) is 5.93. The number of carboxylic acids is 2. The molecular weight excluding hydrogens is 442 g/mol. The molecule has 0 aliphatic carbocycles. The van der Waals surface area contributed by atoms with Gasteiger partial charge in [-0.1, -0.05) is 19.4 Å². The number of unbranched alkanes of at least 4 members (excludes halogenated alkanes) is 1. The second-order valence-corrected chi connectivity index (χ2v) is 8.17. The number of carbonyl (C=O) groups is 2. The molecule has 1 fully saturated rings. The van der Waals surface area contributed by atoms with Gasteiger partial charge in [-0.05, 0) is 61.1 Å². The van der Waals surface area contributed by atoms with Gasteiger partial charge in [0.1, 0.15) is 17.6 Å². The van der Waals surface area contributed by atoms with E-state index in [1.54, 1.807) is 12.3 Å². The monoisotopic (exact) mass is 465 g/mol. The van der Waals surface area contributed by atoms with Crippen molar-refractivity contribution in [2.75, 3.05) is 6.54 Å². The van der Waals surface area contributed by atoms with Crippen LogP contribution in [0.3, 0.4) is 0 Å². The number of thiocarbonyl (C=S) groups is 1. The van der Waals surface area contributed by atoms with E-state index < -0.39 is 11.9 Å². The third kappa shape index (κ3) is 4.58. The van der Waals surface area contributed by atoms with Gasteiger partial charge in [-0.2, -0.15) is 0 Å². The number of nitrogens with one attached hydrogen (secondary N) is 1. The predicted molar refractivity (Wildman–Crippen MR) is 125 cm³/mol. The van der Waals surface area contributed by atoms with Crippen LogP contribution in [0.1, 0.15) is 64.0 Å². The van der Waals surface area contributed by atoms with E-state index in [0.717, 1.165) is 31.1 Å².